The largest absolute Gasteiger partial charge is 0.466 e. The maximum atomic E-state index is 12.7. The van der Waals surface area contributed by atoms with Crippen molar-refractivity contribution in [2.24, 2.45) is 5.41 Å². The van der Waals surface area contributed by atoms with Gasteiger partial charge in [-0.3, -0.25) is 14.4 Å². The Balaban J connectivity index is 2.10. The Morgan fingerprint density at radius 2 is 1.57 bits per heavy atom. The van der Waals surface area contributed by atoms with Crippen LogP contribution in [0.15, 0.2) is 0 Å². The number of likely N-dealkylation sites (tertiary alicyclic amines) is 1. The second-order valence-electron chi connectivity index (χ2n) is 8.25. The summed E-state index contributed by atoms with van der Waals surface area (Å²) >= 11 is 0. The minimum absolute atomic E-state index is 0.0977. The quantitative estimate of drug-likeness (QED) is 0.392. The maximum Gasteiger partial charge on any atom is 0.410 e. The average molecular weight is 398 g/mol. The number of nitrogens with one attached hydrogen (secondary N) is 1. The van der Waals surface area contributed by atoms with Crippen LogP contribution in [-0.4, -0.2) is 66.3 Å². The molecule has 0 atom stereocenters. The number of carbonyl (C=O) groups excluding carboxylic acids is 4. The summed E-state index contributed by atoms with van der Waals surface area (Å²) in [6.07, 6.45) is 0.219. The molecule has 0 unspecified atom stereocenters. The molecular formula is C19H30N2O7. The van der Waals surface area contributed by atoms with Crippen molar-refractivity contribution in [3.63, 3.8) is 0 Å². The van der Waals surface area contributed by atoms with Crippen molar-refractivity contribution in [1.82, 2.24) is 10.2 Å². The lowest BCUT2D eigenvalue weighted by atomic mass is 9.71. The van der Waals surface area contributed by atoms with Gasteiger partial charge in [0.15, 0.2) is 0 Å². The van der Waals surface area contributed by atoms with Gasteiger partial charge in [0, 0.05) is 13.1 Å². The molecule has 1 N–H and O–H groups in total. The van der Waals surface area contributed by atoms with E-state index >= 15 is 0 Å². The number of hydrogen-bond acceptors (Lipinski definition) is 7. The first-order chi connectivity index (χ1) is 13.0. The SMILES string of the molecule is CCOC(=O)CC(=O)NC1(C2(C(=O)OCC)CN(C(=O)OC(C)(C)C)C2)CC1. The van der Waals surface area contributed by atoms with Gasteiger partial charge in [-0.05, 0) is 47.5 Å². The molecule has 9 heteroatoms. The molecule has 1 heterocycles. The summed E-state index contributed by atoms with van der Waals surface area (Å²) in [5.74, 6) is -1.58. The lowest BCUT2D eigenvalue weighted by Gasteiger charge is -2.52. The predicted molar refractivity (Wildman–Crippen MR) is 98.2 cm³/mol. The van der Waals surface area contributed by atoms with Gasteiger partial charge in [0.2, 0.25) is 5.91 Å². The fourth-order valence-electron chi connectivity index (χ4n) is 3.46. The number of hydrogen-bond donors (Lipinski definition) is 1. The molecule has 2 rings (SSSR count). The van der Waals surface area contributed by atoms with Crippen LogP contribution in [0.1, 0.15) is 53.9 Å². The molecule has 2 aliphatic rings. The molecule has 9 nitrogen and oxygen atoms in total. The van der Waals surface area contributed by atoms with Gasteiger partial charge in [-0.1, -0.05) is 0 Å². The molecule has 28 heavy (non-hydrogen) atoms. The molecule has 1 aliphatic carbocycles. The molecule has 0 aromatic rings. The molecule has 0 aromatic carbocycles. The van der Waals surface area contributed by atoms with E-state index in [2.05, 4.69) is 5.32 Å². The van der Waals surface area contributed by atoms with Crippen LogP contribution in [0, 0.1) is 5.41 Å². The Bertz CT molecular complexity index is 643. The lowest BCUT2D eigenvalue weighted by Crippen LogP contribution is -2.72. The van der Waals surface area contributed by atoms with E-state index in [0.717, 1.165) is 0 Å². The second-order valence-corrected chi connectivity index (χ2v) is 8.25. The van der Waals surface area contributed by atoms with Gasteiger partial charge in [0.05, 0.1) is 18.8 Å². The Morgan fingerprint density at radius 3 is 2.04 bits per heavy atom. The normalized spacial score (nSPS) is 19.1. The van der Waals surface area contributed by atoms with Crippen LogP contribution in [0.25, 0.3) is 0 Å². The standard InChI is InChI=1S/C19H30N2O7/c1-6-26-14(23)10-13(22)20-19(8-9-19)18(15(24)27-7-2)11-21(12-18)16(25)28-17(3,4)5/h6-12H2,1-5H3,(H,20,22). The first-order valence-corrected chi connectivity index (χ1v) is 9.60. The summed E-state index contributed by atoms with van der Waals surface area (Å²) in [5.41, 5.74) is -2.50. The van der Waals surface area contributed by atoms with E-state index in [0.29, 0.717) is 12.8 Å². The van der Waals surface area contributed by atoms with E-state index < -0.39 is 46.9 Å². The molecular weight excluding hydrogens is 368 g/mol. The number of esters is 2. The Kier molecular flexibility index (Phi) is 6.25. The molecule has 0 aromatic heterocycles. The average Bonchev–Trinajstić information content (AvgIpc) is 3.24. The van der Waals surface area contributed by atoms with E-state index in [9.17, 15) is 19.2 Å². The van der Waals surface area contributed by atoms with Crippen molar-refractivity contribution < 1.29 is 33.4 Å². The van der Waals surface area contributed by atoms with Crippen LogP contribution < -0.4 is 5.32 Å². The highest BCUT2D eigenvalue weighted by atomic mass is 16.6. The second kappa shape index (κ2) is 7.97. The van der Waals surface area contributed by atoms with Crippen LogP contribution in [-0.2, 0) is 28.6 Å². The summed E-state index contributed by atoms with van der Waals surface area (Å²) in [5, 5.41) is 2.83. The monoisotopic (exact) mass is 398 g/mol. The molecule has 0 radical (unpaired) electrons. The summed E-state index contributed by atoms with van der Waals surface area (Å²) in [4.78, 5) is 50.3. The van der Waals surface area contributed by atoms with Gasteiger partial charge < -0.3 is 24.4 Å². The van der Waals surface area contributed by atoms with Crippen molar-refractivity contribution in [1.29, 1.82) is 0 Å². The van der Waals surface area contributed by atoms with E-state index in [1.54, 1.807) is 34.6 Å². The third-order valence-electron chi connectivity index (χ3n) is 4.89. The highest BCUT2D eigenvalue weighted by molar-refractivity contribution is 5.95. The van der Waals surface area contributed by atoms with Crippen molar-refractivity contribution in [2.45, 2.75) is 65.0 Å². The third kappa shape index (κ3) is 4.56. The van der Waals surface area contributed by atoms with Gasteiger partial charge in [-0.2, -0.15) is 0 Å². The zero-order valence-electron chi connectivity index (χ0n) is 17.3. The van der Waals surface area contributed by atoms with Gasteiger partial charge in [-0.25, -0.2) is 4.79 Å². The van der Waals surface area contributed by atoms with Crippen LogP contribution >= 0.6 is 0 Å². The van der Waals surface area contributed by atoms with E-state index in [-0.39, 0.29) is 26.3 Å². The summed E-state index contributed by atoms with van der Waals surface area (Å²) in [7, 11) is 0. The van der Waals surface area contributed by atoms with Crippen molar-refractivity contribution in [3.05, 3.63) is 0 Å². The zero-order chi connectivity index (χ0) is 21.2. The Labute approximate surface area is 165 Å². The summed E-state index contributed by atoms with van der Waals surface area (Å²) in [6.45, 7) is 9.24. The van der Waals surface area contributed by atoms with Gasteiger partial charge >= 0.3 is 18.0 Å². The maximum absolute atomic E-state index is 12.7. The summed E-state index contributed by atoms with van der Waals surface area (Å²) < 4.78 is 15.4. The number of carbonyl (C=O) groups is 4. The van der Waals surface area contributed by atoms with Crippen molar-refractivity contribution in [2.75, 3.05) is 26.3 Å². The predicted octanol–water partition coefficient (Wildman–Crippen LogP) is 1.39. The molecule has 2 amide bonds. The fraction of sp³-hybridized carbons (Fsp3) is 0.789. The smallest absolute Gasteiger partial charge is 0.410 e. The number of ether oxygens (including phenoxy) is 3. The third-order valence-corrected chi connectivity index (χ3v) is 4.89. The molecule has 1 aliphatic heterocycles. The Hall–Kier alpha value is -2.32. The van der Waals surface area contributed by atoms with Crippen LogP contribution in [0.2, 0.25) is 0 Å². The van der Waals surface area contributed by atoms with Crippen molar-refractivity contribution in [3.8, 4) is 0 Å². The number of amides is 2. The topological polar surface area (TPSA) is 111 Å². The Morgan fingerprint density at radius 1 is 1.00 bits per heavy atom. The minimum atomic E-state index is -1.04. The fourth-order valence-corrected chi connectivity index (χ4v) is 3.46. The first kappa shape index (κ1) is 22.0. The highest BCUT2D eigenvalue weighted by Gasteiger charge is 2.71. The molecule has 1 saturated heterocycles. The van der Waals surface area contributed by atoms with Gasteiger partial charge in [-0.15, -0.1) is 0 Å². The van der Waals surface area contributed by atoms with Crippen molar-refractivity contribution >= 4 is 23.9 Å². The molecule has 0 spiro atoms. The van der Waals surface area contributed by atoms with Crippen LogP contribution in [0.3, 0.4) is 0 Å². The molecule has 1 saturated carbocycles. The molecule has 2 fully saturated rings. The van der Waals surface area contributed by atoms with E-state index in [1.807, 2.05) is 0 Å². The summed E-state index contributed by atoms with van der Waals surface area (Å²) in [6, 6.07) is 0. The highest BCUT2D eigenvalue weighted by Crippen LogP contribution is 2.55. The van der Waals surface area contributed by atoms with Crippen LogP contribution in [0.5, 0.6) is 0 Å². The van der Waals surface area contributed by atoms with Gasteiger partial charge in [0.1, 0.15) is 17.4 Å². The van der Waals surface area contributed by atoms with E-state index in [1.165, 1.54) is 4.90 Å². The molecule has 158 valence electrons. The number of rotatable bonds is 7. The first-order valence-electron chi connectivity index (χ1n) is 9.60. The van der Waals surface area contributed by atoms with Gasteiger partial charge in [0.25, 0.3) is 0 Å². The van der Waals surface area contributed by atoms with Crippen LogP contribution in [0.4, 0.5) is 4.79 Å². The molecule has 0 bridgehead atoms. The number of nitrogens with zero attached hydrogens (tertiary/aromatic N) is 1. The van der Waals surface area contributed by atoms with E-state index in [4.69, 9.17) is 14.2 Å². The lowest BCUT2D eigenvalue weighted by molar-refractivity contribution is -0.171. The minimum Gasteiger partial charge on any atom is -0.466 e. The zero-order valence-corrected chi connectivity index (χ0v) is 17.3.